The molecule has 0 N–H and O–H groups in total. The molecule has 0 saturated carbocycles. The number of thiophene rings is 1. The van der Waals surface area contributed by atoms with Crippen LogP contribution in [0.15, 0.2) is 175 Å². The number of nitrogens with zero attached hydrogens (tertiary/aromatic N) is 1. The van der Waals surface area contributed by atoms with Crippen molar-refractivity contribution in [1.82, 2.24) is 4.98 Å². The van der Waals surface area contributed by atoms with Crippen molar-refractivity contribution < 1.29 is 4.42 Å². The van der Waals surface area contributed by atoms with Gasteiger partial charge in [-0.15, -0.1) is 11.3 Å². The molecule has 45 heavy (non-hydrogen) atoms. The number of benzene rings is 5. The first-order valence-corrected chi connectivity index (χ1v) is 16.0. The molecule has 2 nitrogen and oxygen atoms in total. The van der Waals surface area contributed by atoms with Crippen molar-refractivity contribution in [2.45, 2.75) is 0 Å². The van der Waals surface area contributed by atoms with E-state index >= 15 is 0 Å². The maximum Gasteiger partial charge on any atom is 0.256 e. The Bertz CT molecular complexity index is 2030. The van der Waals surface area contributed by atoms with Crippen molar-refractivity contribution in [3.05, 3.63) is 192 Å². The number of hydrogen-bond acceptors (Lipinski definition) is 3. The molecule has 0 spiro atoms. The van der Waals surface area contributed by atoms with Gasteiger partial charge in [-0.25, -0.2) is 4.98 Å². The fourth-order valence-corrected chi connectivity index (χ4v) is 7.61. The summed E-state index contributed by atoms with van der Waals surface area (Å²) in [4.78, 5) is 5.59. The molecule has 1 aliphatic rings. The topological polar surface area (TPSA) is 26.0 Å². The van der Waals surface area contributed by atoms with Crippen molar-refractivity contribution in [2.24, 2.45) is 0 Å². The predicted molar refractivity (Wildman–Crippen MR) is 190 cm³/mol. The van der Waals surface area contributed by atoms with Gasteiger partial charge in [0, 0.05) is 10.4 Å². The van der Waals surface area contributed by atoms with E-state index in [1.54, 1.807) is 12.5 Å². The van der Waals surface area contributed by atoms with Gasteiger partial charge in [0.15, 0.2) is 0 Å². The maximum atomic E-state index is 5.61. The predicted octanol–water partition coefficient (Wildman–Crippen LogP) is 10.1. The molecule has 0 aliphatic carbocycles. The molecule has 0 atom stereocenters. The third kappa shape index (κ3) is 5.10. The van der Waals surface area contributed by atoms with Crippen molar-refractivity contribution >= 4 is 44.9 Å². The highest BCUT2D eigenvalue weighted by molar-refractivity contribution is 7.32. The van der Waals surface area contributed by atoms with Crippen LogP contribution in [0.1, 0.15) is 22.3 Å². The molecular weight excluding hydrogens is 565 g/mol. The minimum absolute atomic E-state index is 0.0360. The Morgan fingerprint density at radius 1 is 0.467 bits per heavy atom. The quantitative estimate of drug-likeness (QED) is 0.172. The zero-order chi connectivity index (χ0) is 30.0. The second-order valence-corrected chi connectivity index (χ2v) is 12.2. The maximum absolute atomic E-state index is 5.61. The number of rotatable bonds is 7. The van der Waals surface area contributed by atoms with Crippen LogP contribution in [0, 0.1) is 0 Å². The highest BCUT2D eigenvalue weighted by Crippen LogP contribution is 2.51. The smallest absolute Gasteiger partial charge is 0.256 e. The minimum atomic E-state index is 0.0360. The fraction of sp³-hybridized carbons (Fsp3) is 0. The van der Waals surface area contributed by atoms with Gasteiger partial charge < -0.3 is 4.42 Å². The number of hydrogen-bond donors (Lipinski definition) is 0. The Kier molecular flexibility index (Phi) is 7.18. The SMILES string of the molecule is c1ccc(C2=C(c3ccccc3)C(c3ccccc3)=C(c3ccccc3)B2c2ccc(-c3cccc(-c4ncco4)c3)s2)cc1. The van der Waals surface area contributed by atoms with E-state index in [-0.39, 0.29) is 6.71 Å². The molecule has 7 aromatic rings. The minimum Gasteiger partial charge on any atom is -0.445 e. The van der Waals surface area contributed by atoms with Crippen molar-refractivity contribution in [3.8, 4) is 21.9 Å². The van der Waals surface area contributed by atoms with Crippen molar-refractivity contribution in [2.75, 3.05) is 0 Å². The Hall–Kier alpha value is -5.45. The summed E-state index contributed by atoms with van der Waals surface area (Å²) in [5, 5.41) is 0. The van der Waals surface area contributed by atoms with Gasteiger partial charge in [0.2, 0.25) is 5.89 Å². The molecule has 0 bridgehead atoms. The molecule has 0 unspecified atom stereocenters. The molecular formula is C41H28BNOS. The molecule has 5 aromatic carbocycles. The van der Waals surface area contributed by atoms with Crippen LogP contribution in [0.25, 0.3) is 44.0 Å². The van der Waals surface area contributed by atoms with Crippen molar-refractivity contribution in [1.29, 1.82) is 0 Å². The van der Waals surface area contributed by atoms with E-state index in [0.717, 1.165) is 11.1 Å². The molecule has 4 heteroatoms. The first-order valence-electron chi connectivity index (χ1n) is 15.2. The van der Waals surface area contributed by atoms with E-state index in [0.29, 0.717) is 5.89 Å². The van der Waals surface area contributed by atoms with E-state index in [9.17, 15) is 0 Å². The molecule has 212 valence electrons. The molecule has 0 radical (unpaired) electrons. The van der Waals surface area contributed by atoms with Crippen LogP contribution >= 0.6 is 11.3 Å². The summed E-state index contributed by atoms with van der Waals surface area (Å²) < 4.78 is 6.92. The number of oxazole rings is 1. The average Bonchev–Trinajstić information content (AvgIpc) is 3.90. The summed E-state index contributed by atoms with van der Waals surface area (Å²) in [6, 6.07) is 56.7. The Labute approximate surface area is 267 Å². The summed E-state index contributed by atoms with van der Waals surface area (Å²) in [5.41, 5.74) is 12.3. The molecule has 1 aliphatic heterocycles. The largest absolute Gasteiger partial charge is 0.445 e. The van der Waals surface area contributed by atoms with E-state index in [1.165, 1.54) is 54.0 Å². The lowest BCUT2D eigenvalue weighted by Crippen LogP contribution is -2.30. The highest BCUT2D eigenvalue weighted by Gasteiger charge is 2.41. The molecule has 2 aromatic heterocycles. The first kappa shape index (κ1) is 27.1. The molecule has 3 heterocycles. The van der Waals surface area contributed by atoms with Crippen molar-refractivity contribution in [3.63, 3.8) is 0 Å². The van der Waals surface area contributed by atoms with E-state index in [2.05, 4.69) is 157 Å². The standard InChI is InChI=1S/C41H28BNOS/c1-5-14-29(15-6-1)37-38(30-16-7-2-8-17-30)40(32-20-11-4-12-21-32)42(39(37)31-18-9-3-10-19-31)36-25-24-35(45-36)33-22-13-23-34(28-33)41-43-26-27-44-41/h1-28H. The Morgan fingerprint density at radius 3 is 1.47 bits per heavy atom. The van der Waals surface area contributed by atoms with Gasteiger partial charge in [-0.2, -0.15) is 0 Å². The summed E-state index contributed by atoms with van der Waals surface area (Å²) in [7, 11) is 0. The van der Waals surface area contributed by atoms with Crippen LogP contribution in [0.2, 0.25) is 0 Å². The van der Waals surface area contributed by atoms with E-state index in [4.69, 9.17) is 4.42 Å². The molecule has 0 saturated heterocycles. The highest BCUT2D eigenvalue weighted by atomic mass is 32.1. The fourth-order valence-electron chi connectivity index (χ4n) is 6.49. The van der Waals surface area contributed by atoms with Crippen LogP contribution in [-0.4, -0.2) is 11.7 Å². The number of aromatic nitrogens is 1. The Morgan fingerprint density at radius 2 is 0.956 bits per heavy atom. The second kappa shape index (κ2) is 11.9. The van der Waals surface area contributed by atoms with Gasteiger partial charge in [0.1, 0.15) is 6.26 Å². The van der Waals surface area contributed by atoms with Crippen LogP contribution in [0.4, 0.5) is 0 Å². The molecule has 0 fully saturated rings. The molecule has 8 rings (SSSR count). The monoisotopic (exact) mass is 593 g/mol. The van der Waals surface area contributed by atoms with E-state index in [1.807, 2.05) is 17.4 Å². The summed E-state index contributed by atoms with van der Waals surface area (Å²) in [5.74, 6) is 0.632. The summed E-state index contributed by atoms with van der Waals surface area (Å²) in [6.07, 6.45) is 3.31. The lowest BCUT2D eigenvalue weighted by atomic mass is 9.38. The van der Waals surface area contributed by atoms with Crippen LogP contribution in [0.3, 0.4) is 0 Å². The van der Waals surface area contributed by atoms with Gasteiger partial charge >= 0.3 is 0 Å². The van der Waals surface area contributed by atoms with Gasteiger partial charge in [0.25, 0.3) is 6.71 Å². The average molecular weight is 594 g/mol. The van der Waals surface area contributed by atoms with Gasteiger partial charge in [-0.1, -0.05) is 150 Å². The van der Waals surface area contributed by atoms with E-state index < -0.39 is 0 Å². The third-order valence-corrected chi connectivity index (χ3v) is 9.60. The van der Waals surface area contributed by atoms with Crippen LogP contribution in [-0.2, 0) is 0 Å². The van der Waals surface area contributed by atoms with Crippen LogP contribution < -0.4 is 4.78 Å². The number of allylic oxidation sites excluding steroid dienone is 2. The zero-order valence-corrected chi connectivity index (χ0v) is 25.3. The van der Waals surface area contributed by atoms with Gasteiger partial charge in [0.05, 0.1) is 6.20 Å². The first-order chi connectivity index (χ1) is 22.3. The lowest BCUT2D eigenvalue weighted by Gasteiger charge is -2.17. The normalized spacial score (nSPS) is 13.1. The zero-order valence-electron chi connectivity index (χ0n) is 24.5. The summed E-state index contributed by atoms with van der Waals surface area (Å²) >= 11 is 1.86. The van der Waals surface area contributed by atoms with Gasteiger partial charge in [-0.05, 0) is 61.9 Å². The van der Waals surface area contributed by atoms with Crippen LogP contribution in [0.5, 0.6) is 0 Å². The second-order valence-electron chi connectivity index (χ2n) is 11.1. The lowest BCUT2D eigenvalue weighted by molar-refractivity contribution is 0.574. The van der Waals surface area contributed by atoms with Gasteiger partial charge in [-0.3, -0.25) is 0 Å². The summed E-state index contributed by atoms with van der Waals surface area (Å²) in [6.45, 7) is 0.0360. The third-order valence-electron chi connectivity index (χ3n) is 8.40. The molecule has 0 amide bonds. The Balaban J connectivity index is 1.40.